The summed E-state index contributed by atoms with van der Waals surface area (Å²) in [6.07, 6.45) is 5.50. The molecule has 1 N–H and O–H groups in total. The Morgan fingerprint density at radius 1 is 1.36 bits per heavy atom. The summed E-state index contributed by atoms with van der Waals surface area (Å²) in [5.74, 6) is 1.68. The standard InChI is InChI=1S/C15H21N3O2S2/c1-3-13-17-14(12-7-8-21-15(12)18-13)16-10-5-4-6-11(9-10)22(2,19)20/h7-8,10-11H,3-6,9H2,1-2H3,(H,16,17,18). The van der Waals surface area contributed by atoms with Gasteiger partial charge in [0.05, 0.1) is 10.6 Å². The van der Waals surface area contributed by atoms with Gasteiger partial charge in [0.15, 0.2) is 0 Å². The van der Waals surface area contributed by atoms with Gasteiger partial charge in [-0.2, -0.15) is 0 Å². The summed E-state index contributed by atoms with van der Waals surface area (Å²) in [6.45, 7) is 2.04. The van der Waals surface area contributed by atoms with Crippen LogP contribution in [0.15, 0.2) is 11.4 Å². The van der Waals surface area contributed by atoms with E-state index in [1.807, 2.05) is 18.4 Å². The number of rotatable bonds is 4. The number of sulfone groups is 1. The lowest BCUT2D eigenvalue weighted by Gasteiger charge is -2.29. The zero-order valence-corrected chi connectivity index (χ0v) is 14.5. The molecule has 0 spiro atoms. The molecule has 1 aliphatic carbocycles. The average Bonchev–Trinajstić information content (AvgIpc) is 2.95. The quantitative estimate of drug-likeness (QED) is 0.927. The molecule has 0 saturated heterocycles. The predicted octanol–water partition coefficient (Wildman–Crippen LogP) is 3.02. The minimum absolute atomic E-state index is 0.163. The maximum absolute atomic E-state index is 11.8. The average molecular weight is 339 g/mol. The molecule has 7 heteroatoms. The number of aromatic nitrogens is 2. The Morgan fingerprint density at radius 2 is 2.18 bits per heavy atom. The highest BCUT2D eigenvalue weighted by molar-refractivity contribution is 7.91. The van der Waals surface area contributed by atoms with Crippen LogP contribution in [0.3, 0.4) is 0 Å². The Kier molecular flexibility index (Phi) is 4.36. The number of nitrogens with one attached hydrogen (secondary N) is 1. The van der Waals surface area contributed by atoms with Crippen LogP contribution in [0.4, 0.5) is 5.82 Å². The second-order valence-corrected chi connectivity index (χ2v) is 9.16. The molecular weight excluding hydrogens is 318 g/mol. The van der Waals surface area contributed by atoms with Crippen LogP contribution in [0.2, 0.25) is 0 Å². The van der Waals surface area contributed by atoms with Crippen molar-refractivity contribution >= 4 is 37.2 Å². The van der Waals surface area contributed by atoms with E-state index >= 15 is 0 Å². The Hall–Kier alpha value is -1.21. The van der Waals surface area contributed by atoms with E-state index in [1.54, 1.807) is 11.3 Å². The zero-order chi connectivity index (χ0) is 15.7. The normalized spacial score (nSPS) is 22.8. The van der Waals surface area contributed by atoms with Gasteiger partial charge in [0.2, 0.25) is 0 Å². The highest BCUT2D eigenvalue weighted by atomic mass is 32.2. The van der Waals surface area contributed by atoms with Crippen molar-refractivity contribution in [2.75, 3.05) is 11.6 Å². The second-order valence-electron chi connectivity index (χ2n) is 5.94. The molecule has 2 unspecified atom stereocenters. The van der Waals surface area contributed by atoms with Gasteiger partial charge >= 0.3 is 0 Å². The molecule has 0 amide bonds. The van der Waals surface area contributed by atoms with Crippen LogP contribution < -0.4 is 5.32 Å². The third-order valence-corrected chi connectivity index (χ3v) is 6.71. The van der Waals surface area contributed by atoms with Crippen LogP contribution in [0.5, 0.6) is 0 Å². The van der Waals surface area contributed by atoms with Gasteiger partial charge in [0.1, 0.15) is 26.3 Å². The van der Waals surface area contributed by atoms with Crippen molar-refractivity contribution in [1.29, 1.82) is 0 Å². The molecule has 0 bridgehead atoms. The molecule has 3 rings (SSSR count). The van der Waals surface area contributed by atoms with Gasteiger partial charge in [-0.15, -0.1) is 11.3 Å². The third kappa shape index (κ3) is 3.25. The van der Waals surface area contributed by atoms with E-state index in [9.17, 15) is 8.42 Å². The first-order valence-corrected chi connectivity index (χ1v) is 10.5. The predicted molar refractivity (Wildman–Crippen MR) is 91.3 cm³/mol. The van der Waals surface area contributed by atoms with Gasteiger partial charge in [0.25, 0.3) is 0 Å². The third-order valence-electron chi connectivity index (χ3n) is 4.26. The molecule has 2 atom stereocenters. The molecule has 120 valence electrons. The van der Waals surface area contributed by atoms with Gasteiger partial charge in [-0.3, -0.25) is 0 Å². The summed E-state index contributed by atoms with van der Waals surface area (Å²) in [6, 6.07) is 2.19. The van der Waals surface area contributed by atoms with Crippen molar-refractivity contribution in [3.8, 4) is 0 Å². The van der Waals surface area contributed by atoms with E-state index in [-0.39, 0.29) is 11.3 Å². The van der Waals surface area contributed by atoms with E-state index in [0.29, 0.717) is 6.42 Å². The van der Waals surface area contributed by atoms with Gasteiger partial charge in [-0.1, -0.05) is 13.3 Å². The van der Waals surface area contributed by atoms with E-state index < -0.39 is 9.84 Å². The molecule has 0 radical (unpaired) electrons. The van der Waals surface area contributed by atoms with Crippen molar-refractivity contribution < 1.29 is 8.42 Å². The summed E-state index contributed by atoms with van der Waals surface area (Å²) >= 11 is 1.61. The molecular formula is C15H21N3O2S2. The van der Waals surface area contributed by atoms with Crippen molar-refractivity contribution in [2.45, 2.75) is 50.3 Å². The molecule has 1 aliphatic rings. The van der Waals surface area contributed by atoms with Gasteiger partial charge in [-0.05, 0) is 30.7 Å². The van der Waals surface area contributed by atoms with Crippen LogP contribution in [-0.4, -0.2) is 35.9 Å². The first-order chi connectivity index (χ1) is 10.5. The van der Waals surface area contributed by atoms with Crippen LogP contribution in [0, 0.1) is 0 Å². The topological polar surface area (TPSA) is 72.0 Å². The fourth-order valence-corrected chi connectivity index (χ4v) is 4.99. The van der Waals surface area contributed by atoms with Crippen molar-refractivity contribution in [3.63, 3.8) is 0 Å². The Bertz CT molecular complexity index is 770. The van der Waals surface area contributed by atoms with Gasteiger partial charge < -0.3 is 5.32 Å². The molecule has 2 aromatic heterocycles. The fraction of sp³-hybridized carbons (Fsp3) is 0.600. The first kappa shape index (κ1) is 15.7. The van der Waals surface area contributed by atoms with E-state index in [1.165, 1.54) is 6.26 Å². The van der Waals surface area contributed by atoms with E-state index in [0.717, 1.165) is 47.5 Å². The fourth-order valence-electron chi connectivity index (χ4n) is 3.03. The molecule has 0 aromatic carbocycles. The number of fused-ring (bicyclic) bond motifs is 1. The van der Waals surface area contributed by atoms with Crippen molar-refractivity contribution in [1.82, 2.24) is 9.97 Å². The summed E-state index contributed by atoms with van der Waals surface area (Å²) in [5.41, 5.74) is 0. The zero-order valence-electron chi connectivity index (χ0n) is 12.9. The molecule has 22 heavy (non-hydrogen) atoms. The maximum atomic E-state index is 11.8. The lowest BCUT2D eigenvalue weighted by molar-refractivity contribution is 0.452. The Labute approximate surface area is 135 Å². The molecule has 1 saturated carbocycles. The van der Waals surface area contributed by atoms with Crippen LogP contribution in [0.1, 0.15) is 38.4 Å². The minimum atomic E-state index is -2.97. The summed E-state index contributed by atoms with van der Waals surface area (Å²) in [4.78, 5) is 10.1. The Balaban J connectivity index is 1.85. The largest absolute Gasteiger partial charge is 0.367 e. The van der Waals surface area contributed by atoms with E-state index in [2.05, 4.69) is 15.3 Å². The molecule has 5 nitrogen and oxygen atoms in total. The number of aryl methyl sites for hydroxylation is 1. The monoisotopic (exact) mass is 339 g/mol. The van der Waals surface area contributed by atoms with Gasteiger partial charge in [-0.25, -0.2) is 18.4 Å². The molecule has 2 heterocycles. The second kappa shape index (κ2) is 6.12. The Morgan fingerprint density at radius 3 is 2.91 bits per heavy atom. The number of anilines is 1. The van der Waals surface area contributed by atoms with Crippen LogP contribution in [0.25, 0.3) is 10.2 Å². The highest BCUT2D eigenvalue weighted by Gasteiger charge is 2.29. The molecule has 1 fully saturated rings. The van der Waals surface area contributed by atoms with Crippen LogP contribution >= 0.6 is 11.3 Å². The smallest absolute Gasteiger partial charge is 0.150 e. The SMILES string of the molecule is CCc1nc(NC2CCCC(S(C)(=O)=O)C2)c2ccsc2n1. The number of thiophene rings is 1. The highest BCUT2D eigenvalue weighted by Crippen LogP contribution is 2.30. The minimum Gasteiger partial charge on any atom is -0.367 e. The molecule has 0 aliphatic heterocycles. The van der Waals surface area contributed by atoms with Crippen LogP contribution in [-0.2, 0) is 16.3 Å². The lowest BCUT2D eigenvalue weighted by atomic mass is 9.95. The maximum Gasteiger partial charge on any atom is 0.150 e. The number of hydrogen-bond donors (Lipinski definition) is 1. The number of hydrogen-bond acceptors (Lipinski definition) is 6. The summed E-state index contributed by atoms with van der Waals surface area (Å²) in [5, 5.41) is 6.29. The first-order valence-electron chi connectivity index (χ1n) is 7.67. The summed E-state index contributed by atoms with van der Waals surface area (Å²) in [7, 11) is -2.97. The lowest BCUT2D eigenvalue weighted by Crippen LogP contribution is -2.34. The number of nitrogens with zero attached hydrogens (tertiary/aromatic N) is 2. The molecule has 2 aromatic rings. The van der Waals surface area contributed by atoms with Gasteiger partial charge in [0, 0.05) is 18.7 Å². The van der Waals surface area contributed by atoms with Crippen molar-refractivity contribution in [3.05, 3.63) is 17.3 Å². The van der Waals surface area contributed by atoms with E-state index in [4.69, 9.17) is 0 Å². The van der Waals surface area contributed by atoms with Crippen molar-refractivity contribution in [2.24, 2.45) is 0 Å². The summed E-state index contributed by atoms with van der Waals surface area (Å²) < 4.78 is 23.6.